The molecule has 2 heterocycles. The molecule has 5 nitrogen and oxygen atoms in total. The van der Waals surface area contributed by atoms with Gasteiger partial charge in [-0.05, 0) is 31.5 Å². The van der Waals surface area contributed by atoms with E-state index in [9.17, 15) is 10.1 Å². The molecule has 1 N–H and O–H groups in total. The van der Waals surface area contributed by atoms with Crippen LogP contribution in [0.5, 0.6) is 0 Å². The lowest BCUT2D eigenvalue weighted by molar-refractivity contribution is -0.123. The molecule has 0 saturated carbocycles. The molecule has 0 aromatic heterocycles. The van der Waals surface area contributed by atoms with Gasteiger partial charge in [-0.25, -0.2) is 0 Å². The molecule has 2 atom stereocenters. The lowest BCUT2D eigenvalue weighted by atomic mass is 9.87. The predicted octanol–water partition coefficient (Wildman–Crippen LogP) is 1.86. The Bertz CT molecular complexity index is 691. The molecule has 2 aliphatic rings. The van der Waals surface area contributed by atoms with Crippen molar-refractivity contribution in [3.63, 3.8) is 0 Å². The Morgan fingerprint density at radius 2 is 2.21 bits per heavy atom. The first-order valence-corrected chi connectivity index (χ1v) is 8.67. The molecule has 2 aliphatic heterocycles. The number of carbonyl (C=O) groups excluding carboxylic acids is 1. The standard InChI is InChI=1S/C19H26N4O/c1-13-11-22(8-7-21-13)14(2)18(24)23-12-19(3,4)16-6-5-15(10-20)9-17(16)23/h5-6,9,13-14,21H,7-8,11-12H2,1-4H3/t13-,14+/m1/s1. The average Bonchev–Trinajstić information content (AvgIpc) is 2.84. The summed E-state index contributed by atoms with van der Waals surface area (Å²) < 4.78 is 0. The second-order valence-corrected chi connectivity index (χ2v) is 7.68. The third-order valence-electron chi connectivity index (χ3n) is 5.27. The van der Waals surface area contributed by atoms with Crippen molar-refractivity contribution in [3.05, 3.63) is 29.3 Å². The van der Waals surface area contributed by atoms with Gasteiger partial charge >= 0.3 is 0 Å². The maximum Gasteiger partial charge on any atom is 0.244 e. The first kappa shape index (κ1) is 16.9. The Labute approximate surface area is 144 Å². The quantitative estimate of drug-likeness (QED) is 0.901. The number of rotatable bonds is 2. The number of benzene rings is 1. The predicted molar refractivity (Wildman–Crippen MR) is 95.0 cm³/mol. The number of amides is 1. The normalized spacial score (nSPS) is 24.3. The zero-order valence-corrected chi connectivity index (χ0v) is 15.0. The average molecular weight is 326 g/mol. The van der Waals surface area contributed by atoms with Crippen molar-refractivity contribution in [2.24, 2.45) is 0 Å². The maximum absolute atomic E-state index is 13.2. The Hall–Kier alpha value is -1.90. The summed E-state index contributed by atoms with van der Waals surface area (Å²) in [5, 5.41) is 12.6. The van der Waals surface area contributed by atoms with Crippen molar-refractivity contribution in [3.8, 4) is 6.07 Å². The molecule has 0 spiro atoms. The van der Waals surface area contributed by atoms with Crippen molar-refractivity contribution in [1.29, 1.82) is 5.26 Å². The van der Waals surface area contributed by atoms with Gasteiger partial charge in [-0.1, -0.05) is 19.9 Å². The molecule has 1 saturated heterocycles. The van der Waals surface area contributed by atoms with Crippen LogP contribution in [-0.2, 0) is 10.2 Å². The van der Waals surface area contributed by atoms with E-state index < -0.39 is 0 Å². The number of anilines is 1. The van der Waals surface area contributed by atoms with Crippen molar-refractivity contribution in [1.82, 2.24) is 10.2 Å². The van der Waals surface area contributed by atoms with E-state index in [0.717, 1.165) is 30.9 Å². The topological polar surface area (TPSA) is 59.4 Å². The molecule has 5 heteroatoms. The molecule has 24 heavy (non-hydrogen) atoms. The van der Waals surface area contributed by atoms with E-state index in [1.807, 2.05) is 30.0 Å². The number of nitrogens with one attached hydrogen (secondary N) is 1. The lowest BCUT2D eigenvalue weighted by Crippen LogP contribution is -2.56. The second kappa shape index (κ2) is 6.19. The third-order valence-corrected chi connectivity index (χ3v) is 5.27. The Balaban J connectivity index is 1.88. The number of hydrogen-bond donors (Lipinski definition) is 1. The molecule has 1 amide bonds. The minimum absolute atomic E-state index is 0.0879. The number of fused-ring (bicyclic) bond motifs is 1. The molecule has 1 fully saturated rings. The van der Waals surface area contributed by atoms with Gasteiger partial charge in [-0.2, -0.15) is 5.26 Å². The van der Waals surface area contributed by atoms with Crippen LogP contribution in [-0.4, -0.2) is 49.1 Å². The van der Waals surface area contributed by atoms with Gasteiger partial charge in [0.1, 0.15) is 0 Å². The van der Waals surface area contributed by atoms with Gasteiger partial charge in [0.05, 0.1) is 17.7 Å². The van der Waals surface area contributed by atoms with Gasteiger partial charge in [0.25, 0.3) is 0 Å². The van der Waals surface area contributed by atoms with E-state index in [1.54, 1.807) is 0 Å². The first-order chi connectivity index (χ1) is 11.3. The highest BCUT2D eigenvalue weighted by Gasteiger charge is 2.40. The fraction of sp³-hybridized carbons (Fsp3) is 0.579. The fourth-order valence-electron chi connectivity index (χ4n) is 3.85. The molecule has 0 bridgehead atoms. The summed E-state index contributed by atoms with van der Waals surface area (Å²) in [4.78, 5) is 17.3. The van der Waals surface area contributed by atoms with Crippen LogP contribution in [0.2, 0.25) is 0 Å². The first-order valence-electron chi connectivity index (χ1n) is 8.67. The highest BCUT2D eigenvalue weighted by molar-refractivity contribution is 5.99. The number of nitrogens with zero attached hydrogens (tertiary/aromatic N) is 3. The van der Waals surface area contributed by atoms with Gasteiger partial charge in [-0.3, -0.25) is 9.69 Å². The molecule has 0 unspecified atom stereocenters. The van der Waals surface area contributed by atoms with Gasteiger partial charge in [0, 0.05) is 43.3 Å². The van der Waals surface area contributed by atoms with Crippen LogP contribution >= 0.6 is 0 Å². The van der Waals surface area contributed by atoms with Crippen LogP contribution < -0.4 is 10.2 Å². The molecule has 3 rings (SSSR count). The number of hydrogen-bond acceptors (Lipinski definition) is 4. The summed E-state index contributed by atoms with van der Waals surface area (Å²) in [6.45, 7) is 11.8. The van der Waals surface area contributed by atoms with Crippen LogP contribution in [0.3, 0.4) is 0 Å². The van der Waals surface area contributed by atoms with Crippen molar-refractivity contribution in [2.75, 3.05) is 31.1 Å². The van der Waals surface area contributed by atoms with Crippen LogP contribution in [0.15, 0.2) is 18.2 Å². The van der Waals surface area contributed by atoms with Crippen LogP contribution in [0.25, 0.3) is 0 Å². The summed E-state index contributed by atoms with van der Waals surface area (Å²) >= 11 is 0. The van der Waals surface area contributed by atoms with Crippen LogP contribution in [0.1, 0.15) is 38.8 Å². The molecule has 0 radical (unpaired) electrons. The van der Waals surface area contributed by atoms with Crippen molar-refractivity contribution < 1.29 is 4.79 Å². The lowest BCUT2D eigenvalue weighted by Gasteiger charge is -2.37. The maximum atomic E-state index is 13.2. The summed E-state index contributed by atoms with van der Waals surface area (Å²) in [5.41, 5.74) is 2.57. The zero-order valence-electron chi connectivity index (χ0n) is 15.0. The van der Waals surface area contributed by atoms with Crippen molar-refractivity contribution >= 4 is 11.6 Å². The van der Waals surface area contributed by atoms with E-state index >= 15 is 0 Å². The van der Waals surface area contributed by atoms with Gasteiger partial charge in [0.15, 0.2) is 0 Å². The van der Waals surface area contributed by atoms with Gasteiger partial charge in [-0.15, -0.1) is 0 Å². The molecule has 1 aromatic carbocycles. The van der Waals surface area contributed by atoms with E-state index in [4.69, 9.17) is 0 Å². The van der Waals surface area contributed by atoms with E-state index in [0.29, 0.717) is 18.2 Å². The second-order valence-electron chi connectivity index (χ2n) is 7.68. The van der Waals surface area contributed by atoms with Gasteiger partial charge < -0.3 is 10.2 Å². The van der Waals surface area contributed by atoms with E-state index in [2.05, 4.69) is 37.1 Å². The fourth-order valence-corrected chi connectivity index (χ4v) is 3.85. The number of nitriles is 1. The summed E-state index contributed by atoms with van der Waals surface area (Å²) in [6.07, 6.45) is 0. The highest BCUT2D eigenvalue weighted by atomic mass is 16.2. The summed E-state index contributed by atoms with van der Waals surface area (Å²) in [5.74, 6) is 0.131. The zero-order chi connectivity index (χ0) is 17.5. The Morgan fingerprint density at radius 3 is 2.88 bits per heavy atom. The summed E-state index contributed by atoms with van der Waals surface area (Å²) in [6, 6.07) is 8.14. The minimum Gasteiger partial charge on any atom is -0.312 e. The van der Waals surface area contributed by atoms with Crippen molar-refractivity contribution in [2.45, 2.75) is 45.2 Å². The molecular formula is C19H26N4O. The molecular weight excluding hydrogens is 300 g/mol. The van der Waals surface area contributed by atoms with Crippen LogP contribution in [0, 0.1) is 11.3 Å². The molecule has 1 aromatic rings. The van der Waals surface area contributed by atoms with E-state index in [-0.39, 0.29) is 17.4 Å². The largest absolute Gasteiger partial charge is 0.312 e. The number of carbonyl (C=O) groups is 1. The summed E-state index contributed by atoms with van der Waals surface area (Å²) in [7, 11) is 0. The van der Waals surface area contributed by atoms with Crippen LogP contribution in [0.4, 0.5) is 5.69 Å². The third kappa shape index (κ3) is 2.92. The smallest absolute Gasteiger partial charge is 0.244 e. The molecule has 0 aliphatic carbocycles. The SMILES string of the molecule is C[C@@H]1CN([C@@H](C)C(=O)N2CC(C)(C)c3ccc(C#N)cc32)CCN1. The van der Waals surface area contributed by atoms with E-state index in [1.165, 1.54) is 0 Å². The Morgan fingerprint density at radius 1 is 1.46 bits per heavy atom. The Kier molecular flexibility index (Phi) is 4.37. The highest BCUT2D eigenvalue weighted by Crippen LogP contribution is 2.41. The number of piperazine rings is 1. The molecule has 128 valence electrons. The monoisotopic (exact) mass is 326 g/mol. The minimum atomic E-state index is -0.151. The van der Waals surface area contributed by atoms with Gasteiger partial charge in [0.2, 0.25) is 5.91 Å².